The van der Waals surface area contributed by atoms with Crippen molar-refractivity contribution in [1.29, 1.82) is 0 Å². The third kappa shape index (κ3) is 5.06. The van der Waals surface area contributed by atoms with Crippen molar-refractivity contribution in [3.8, 4) is 0 Å². The molecule has 0 spiro atoms. The zero-order valence-electron chi connectivity index (χ0n) is 19.3. The molecule has 1 atom stereocenters. The van der Waals surface area contributed by atoms with Crippen LogP contribution in [0.15, 0.2) is 24.3 Å². The van der Waals surface area contributed by atoms with Crippen LogP contribution in [-0.2, 0) is 23.6 Å². The molecule has 1 unspecified atom stereocenters. The molecule has 0 aromatic heterocycles. The highest BCUT2D eigenvalue weighted by atomic mass is 16.7. The van der Waals surface area contributed by atoms with Gasteiger partial charge >= 0.3 is 13.1 Å². The summed E-state index contributed by atoms with van der Waals surface area (Å²) in [5.74, 6) is 0.0422. The molecule has 0 N–H and O–H groups in total. The van der Waals surface area contributed by atoms with Gasteiger partial charge in [-0.15, -0.1) is 0 Å². The normalized spacial score (nSPS) is 23.2. The fourth-order valence-corrected chi connectivity index (χ4v) is 3.73. The van der Waals surface area contributed by atoms with Gasteiger partial charge in [0.1, 0.15) is 5.60 Å². The number of benzene rings is 1. The zero-order valence-corrected chi connectivity index (χ0v) is 19.3. The van der Waals surface area contributed by atoms with Gasteiger partial charge in [0.25, 0.3) is 0 Å². The monoisotopic (exact) mass is 415 g/mol. The molecule has 0 bridgehead atoms. The molecule has 0 radical (unpaired) electrons. The Morgan fingerprint density at radius 3 is 2.23 bits per heavy atom. The molecular weight excluding hydrogens is 381 g/mol. The molecular formula is C23H34BNO5. The summed E-state index contributed by atoms with van der Waals surface area (Å²) in [5.41, 5.74) is 0.546. The highest BCUT2D eigenvalue weighted by molar-refractivity contribution is 6.62. The van der Waals surface area contributed by atoms with Gasteiger partial charge < -0.3 is 18.9 Å². The van der Waals surface area contributed by atoms with Crippen LogP contribution >= 0.6 is 0 Å². The third-order valence-electron chi connectivity index (χ3n) is 6.11. The van der Waals surface area contributed by atoms with E-state index in [0.717, 1.165) is 11.2 Å². The van der Waals surface area contributed by atoms with E-state index in [1.165, 1.54) is 0 Å². The van der Waals surface area contributed by atoms with Crippen LogP contribution in [-0.4, -0.2) is 42.3 Å². The van der Waals surface area contributed by atoms with Crippen molar-refractivity contribution in [2.45, 2.75) is 84.5 Å². The van der Waals surface area contributed by atoms with Crippen molar-refractivity contribution in [2.24, 2.45) is 5.92 Å². The fourth-order valence-electron chi connectivity index (χ4n) is 3.73. The molecule has 6 nitrogen and oxygen atoms in total. The van der Waals surface area contributed by atoms with Gasteiger partial charge in [0.15, 0.2) is 0 Å². The van der Waals surface area contributed by atoms with E-state index in [0.29, 0.717) is 25.8 Å². The van der Waals surface area contributed by atoms with E-state index in [1.54, 1.807) is 4.90 Å². The Bertz CT molecular complexity index is 781. The van der Waals surface area contributed by atoms with E-state index in [2.05, 4.69) is 0 Å². The van der Waals surface area contributed by atoms with E-state index in [-0.39, 0.29) is 29.0 Å². The lowest BCUT2D eigenvalue weighted by Crippen LogP contribution is -2.41. The van der Waals surface area contributed by atoms with E-state index >= 15 is 0 Å². The van der Waals surface area contributed by atoms with Crippen LogP contribution in [0.2, 0.25) is 0 Å². The van der Waals surface area contributed by atoms with Crippen LogP contribution in [0.5, 0.6) is 0 Å². The molecule has 1 aromatic rings. The molecule has 1 aromatic carbocycles. The minimum atomic E-state index is -0.479. The second kappa shape index (κ2) is 8.01. The molecule has 2 aliphatic heterocycles. The summed E-state index contributed by atoms with van der Waals surface area (Å²) in [6.45, 7) is 14.3. The number of anilines is 1. The van der Waals surface area contributed by atoms with Crippen LogP contribution in [0.4, 0.5) is 5.69 Å². The van der Waals surface area contributed by atoms with Crippen molar-refractivity contribution in [3.05, 3.63) is 24.3 Å². The molecule has 2 heterocycles. The summed E-state index contributed by atoms with van der Waals surface area (Å²) >= 11 is 0. The number of esters is 1. The predicted octanol–water partition coefficient (Wildman–Crippen LogP) is 3.46. The van der Waals surface area contributed by atoms with Gasteiger partial charge in [-0.3, -0.25) is 9.59 Å². The lowest BCUT2D eigenvalue weighted by molar-refractivity contribution is -0.155. The van der Waals surface area contributed by atoms with Crippen molar-refractivity contribution < 1.29 is 23.6 Å². The van der Waals surface area contributed by atoms with E-state index in [1.807, 2.05) is 72.7 Å². The molecule has 0 aliphatic carbocycles. The number of amides is 1. The lowest BCUT2D eigenvalue weighted by atomic mass is 9.79. The molecule has 3 rings (SSSR count). The molecule has 2 fully saturated rings. The first-order valence-corrected chi connectivity index (χ1v) is 10.8. The Morgan fingerprint density at radius 1 is 1.13 bits per heavy atom. The summed E-state index contributed by atoms with van der Waals surface area (Å²) < 4.78 is 17.6. The fraction of sp³-hybridized carbons (Fsp3) is 0.652. The Balaban J connectivity index is 1.58. The van der Waals surface area contributed by atoms with Gasteiger partial charge in [0.05, 0.1) is 11.2 Å². The van der Waals surface area contributed by atoms with Gasteiger partial charge in [-0.2, -0.15) is 0 Å². The van der Waals surface area contributed by atoms with Crippen LogP contribution in [0.25, 0.3) is 0 Å². The van der Waals surface area contributed by atoms with E-state index in [9.17, 15) is 9.59 Å². The largest absolute Gasteiger partial charge is 0.494 e. The summed E-state index contributed by atoms with van der Waals surface area (Å²) in [5, 5.41) is 0. The number of nitrogens with zero attached hydrogens (tertiary/aromatic N) is 1. The lowest BCUT2D eigenvalue weighted by Gasteiger charge is -2.32. The Morgan fingerprint density at radius 2 is 1.70 bits per heavy atom. The van der Waals surface area contributed by atoms with Crippen molar-refractivity contribution in [3.63, 3.8) is 0 Å². The smallest absolute Gasteiger partial charge is 0.460 e. The molecule has 7 heteroatoms. The Hall–Kier alpha value is -1.86. The summed E-state index contributed by atoms with van der Waals surface area (Å²) in [6.07, 6.45) is 1.45. The number of hydrogen-bond acceptors (Lipinski definition) is 5. The van der Waals surface area contributed by atoms with Gasteiger partial charge in [0.2, 0.25) is 5.91 Å². The quantitative estimate of drug-likeness (QED) is 0.545. The molecule has 30 heavy (non-hydrogen) atoms. The van der Waals surface area contributed by atoms with Crippen LogP contribution in [0.3, 0.4) is 0 Å². The number of carbonyl (C=O) groups excluding carboxylic acids is 2. The maximum Gasteiger partial charge on any atom is 0.494 e. The van der Waals surface area contributed by atoms with Gasteiger partial charge in [-0.1, -0.05) is 12.1 Å². The van der Waals surface area contributed by atoms with Crippen LogP contribution in [0.1, 0.15) is 67.7 Å². The number of carbonyl (C=O) groups is 2. The number of hydrogen-bond donors (Lipinski definition) is 0. The summed E-state index contributed by atoms with van der Waals surface area (Å²) in [4.78, 5) is 26.3. The second-order valence-electron chi connectivity index (χ2n) is 10.4. The average Bonchev–Trinajstić information content (AvgIpc) is 3.08. The van der Waals surface area contributed by atoms with Crippen molar-refractivity contribution >= 4 is 30.1 Å². The summed E-state index contributed by atoms with van der Waals surface area (Å²) in [7, 11) is -0.417. The SMILES string of the molecule is CC(C)(C)OC(=O)CCC1CC(=O)N(c2ccc(B3OC(C)(C)C(C)(C)O3)cc2)C1. The highest BCUT2D eigenvalue weighted by Crippen LogP contribution is 2.36. The number of rotatable bonds is 5. The molecule has 2 aliphatic rings. The topological polar surface area (TPSA) is 65.1 Å². The zero-order chi connectivity index (χ0) is 22.3. The Labute approximate surface area is 180 Å². The Kier molecular flexibility index (Phi) is 6.09. The second-order valence-corrected chi connectivity index (χ2v) is 10.4. The molecule has 0 saturated carbocycles. The molecule has 164 valence electrons. The maximum absolute atomic E-state index is 12.5. The first kappa shape index (κ1) is 22.8. The number of ether oxygens (including phenoxy) is 1. The highest BCUT2D eigenvalue weighted by Gasteiger charge is 2.51. The summed E-state index contributed by atoms with van der Waals surface area (Å²) in [6, 6.07) is 7.79. The molecule has 1 amide bonds. The minimum absolute atomic E-state index is 0.0903. The van der Waals surface area contributed by atoms with Gasteiger partial charge in [-0.25, -0.2) is 0 Å². The predicted molar refractivity (Wildman–Crippen MR) is 118 cm³/mol. The van der Waals surface area contributed by atoms with Gasteiger partial charge in [0, 0.05) is 25.1 Å². The average molecular weight is 415 g/mol. The van der Waals surface area contributed by atoms with E-state index in [4.69, 9.17) is 14.0 Å². The third-order valence-corrected chi connectivity index (χ3v) is 6.11. The van der Waals surface area contributed by atoms with E-state index < -0.39 is 12.7 Å². The van der Waals surface area contributed by atoms with Crippen LogP contribution in [0, 0.1) is 5.92 Å². The van der Waals surface area contributed by atoms with Crippen LogP contribution < -0.4 is 10.4 Å². The molecule has 2 saturated heterocycles. The first-order valence-electron chi connectivity index (χ1n) is 10.8. The maximum atomic E-state index is 12.5. The van der Waals surface area contributed by atoms with Gasteiger partial charge in [-0.05, 0) is 78.4 Å². The van der Waals surface area contributed by atoms with Crippen molar-refractivity contribution in [1.82, 2.24) is 0 Å². The minimum Gasteiger partial charge on any atom is -0.460 e. The van der Waals surface area contributed by atoms with Crippen molar-refractivity contribution in [2.75, 3.05) is 11.4 Å². The first-order chi connectivity index (χ1) is 13.8. The standard InChI is InChI=1S/C23H34BNO5/c1-21(2,3)28-20(27)13-8-16-14-19(26)25(15-16)18-11-9-17(10-12-18)24-29-22(4,5)23(6,7)30-24/h9-12,16H,8,13-15H2,1-7H3.